The molecular formula is C30H32N2O3. The van der Waals surface area contributed by atoms with Gasteiger partial charge in [0.05, 0.1) is 6.04 Å². The van der Waals surface area contributed by atoms with E-state index in [1.165, 1.54) is 0 Å². The fourth-order valence-electron chi connectivity index (χ4n) is 4.28. The first kappa shape index (κ1) is 24.3. The van der Waals surface area contributed by atoms with Crippen molar-refractivity contribution in [3.63, 3.8) is 0 Å². The summed E-state index contributed by atoms with van der Waals surface area (Å²) in [5.41, 5.74) is 1.32. The Labute approximate surface area is 206 Å². The lowest BCUT2D eigenvalue weighted by molar-refractivity contribution is -0.123. The second kappa shape index (κ2) is 10.2. The van der Waals surface area contributed by atoms with E-state index < -0.39 is 17.7 Å². The Balaban J connectivity index is 1.57. The average molecular weight is 469 g/mol. The molecule has 4 aromatic carbocycles. The van der Waals surface area contributed by atoms with Crippen LogP contribution in [0, 0.1) is 0 Å². The number of rotatable bonds is 6. The monoisotopic (exact) mass is 468 g/mol. The predicted octanol–water partition coefficient (Wildman–Crippen LogP) is 6.31. The van der Waals surface area contributed by atoms with Crippen molar-refractivity contribution in [3.05, 3.63) is 96.1 Å². The fourth-order valence-corrected chi connectivity index (χ4v) is 4.28. The van der Waals surface area contributed by atoms with Gasteiger partial charge in [0.25, 0.3) is 0 Å². The number of hydrogen-bond acceptors (Lipinski definition) is 3. The van der Waals surface area contributed by atoms with Crippen LogP contribution in [-0.4, -0.2) is 23.6 Å². The Bertz CT molecular complexity index is 1350. The van der Waals surface area contributed by atoms with Crippen molar-refractivity contribution in [2.45, 2.75) is 51.8 Å². The standard InChI is InChI=1S/C30H32N2O3/c1-20(25-15-9-13-23-11-7-8-14-26(23)25)31-28(33)27(32-29(34)35-30(2,3)4)19-21-16-17-22-10-5-6-12-24(22)18-21/h5-18,20,27H,19H2,1-4H3,(H,31,33)(H,32,34)/t20-,27-/m0/s1. The molecule has 0 saturated heterocycles. The van der Waals surface area contributed by atoms with Gasteiger partial charge in [-0.05, 0) is 60.4 Å². The number of carbonyl (C=O) groups is 2. The van der Waals surface area contributed by atoms with Crippen LogP contribution in [0.15, 0.2) is 84.9 Å². The first-order valence-corrected chi connectivity index (χ1v) is 11.9. The molecule has 2 amide bonds. The largest absolute Gasteiger partial charge is 0.444 e. The Morgan fingerprint density at radius 1 is 0.800 bits per heavy atom. The number of carbonyl (C=O) groups excluding carboxylic acids is 2. The highest BCUT2D eigenvalue weighted by Crippen LogP contribution is 2.24. The number of hydrogen-bond donors (Lipinski definition) is 2. The normalized spacial score (nSPS) is 13.3. The van der Waals surface area contributed by atoms with E-state index in [9.17, 15) is 9.59 Å². The lowest BCUT2D eigenvalue weighted by Gasteiger charge is -2.25. The fraction of sp³-hybridized carbons (Fsp3) is 0.267. The van der Waals surface area contributed by atoms with Gasteiger partial charge >= 0.3 is 6.09 Å². The van der Waals surface area contributed by atoms with Gasteiger partial charge in [0.1, 0.15) is 11.6 Å². The highest BCUT2D eigenvalue weighted by Gasteiger charge is 2.26. The van der Waals surface area contributed by atoms with Gasteiger partial charge in [0.2, 0.25) is 5.91 Å². The third-order valence-electron chi connectivity index (χ3n) is 5.91. The Hall–Kier alpha value is -3.86. The molecule has 0 bridgehead atoms. The maximum atomic E-state index is 13.5. The van der Waals surface area contributed by atoms with Crippen molar-refractivity contribution in [2.75, 3.05) is 0 Å². The van der Waals surface area contributed by atoms with Crippen LogP contribution in [0.4, 0.5) is 4.79 Å². The lowest BCUT2D eigenvalue weighted by Crippen LogP contribution is -2.49. The second-order valence-electron chi connectivity index (χ2n) is 9.88. The van der Waals surface area contributed by atoms with Crippen LogP contribution in [-0.2, 0) is 16.0 Å². The molecule has 0 aliphatic carbocycles. The number of benzene rings is 4. The van der Waals surface area contributed by atoms with E-state index in [0.29, 0.717) is 6.42 Å². The molecule has 0 aliphatic rings. The first-order valence-electron chi connectivity index (χ1n) is 11.9. The number of alkyl carbamates (subject to hydrolysis) is 1. The van der Waals surface area contributed by atoms with E-state index in [1.807, 2.05) is 67.6 Å². The third-order valence-corrected chi connectivity index (χ3v) is 5.91. The van der Waals surface area contributed by atoms with Gasteiger partial charge in [-0.2, -0.15) is 0 Å². The van der Waals surface area contributed by atoms with Gasteiger partial charge in [0.15, 0.2) is 0 Å². The first-order chi connectivity index (χ1) is 16.7. The summed E-state index contributed by atoms with van der Waals surface area (Å²) in [7, 11) is 0. The van der Waals surface area contributed by atoms with E-state index in [4.69, 9.17) is 4.74 Å². The molecule has 2 atom stereocenters. The molecule has 180 valence electrons. The van der Waals surface area contributed by atoms with Crippen molar-refractivity contribution in [1.29, 1.82) is 0 Å². The number of amides is 2. The van der Waals surface area contributed by atoms with Gasteiger partial charge < -0.3 is 15.4 Å². The maximum Gasteiger partial charge on any atom is 0.408 e. The molecule has 0 radical (unpaired) electrons. The van der Waals surface area contributed by atoms with E-state index in [1.54, 1.807) is 20.8 Å². The molecule has 5 nitrogen and oxygen atoms in total. The molecule has 5 heteroatoms. The zero-order chi connectivity index (χ0) is 25.0. The Kier molecular flexibility index (Phi) is 7.06. The molecule has 0 saturated carbocycles. The quantitative estimate of drug-likeness (QED) is 0.349. The van der Waals surface area contributed by atoms with Gasteiger partial charge in [0, 0.05) is 6.42 Å². The number of ether oxygens (including phenoxy) is 1. The molecule has 0 fully saturated rings. The average Bonchev–Trinajstić information content (AvgIpc) is 2.82. The zero-order valence-corrected chi connectivity index (χ0v) is 20.7. The minimum Gasteiger partial charge on any atom is -0.444 e. The van der Waals surface area contributed by atoms with E-state index in [-0.39, 0.29) is 11.9 Å². The van der Waals surface area contributed by atoms with Gasteiger partial charge in [-0.1, -0.05) is 84.9 Å². The molecule has 0 aromatic heterocycles. The highest BCUT2D eigenvalue weighted by molar-refractivity contribution is 5.89. The van der Waals surface area contributed by atoms with E-state index >= 15 is 0 Å². The van der Waals surface area contributed by atoms with Crippen LogP contribution in [0.3, 0.4) is 0 Å². The highest BCUT2D eigenvalue weighted by atomic mass is 16.6. The molecule has 0 spiro atoms. The summed E-state index contributed by atoms with van der Waals surface area (Å²) in [6.07, 6.45) is -0.269. The minimum absolute atomic E-state index is 0.242. The van der Waals surface area contributed by atoms with Crippen LogP contribution in [0.1, 0.15) is 44.9 Å². The van der Waals surface area contributed by atoms with Crippen LogP contribution in [0.5, 0.6) is 0 Å². The molecule has 0 unspecified atom stereocenters. The Morgan fingerprint density at radius 2 is 1.46 bits per heavy atom. The topological polar surface area (TPSA) is 67.4 Å². The van der Waals surface area contributed by atoms with Crippen molar-refractivity contribution in [3.8, 4) is 0 Å². The molecule has 4 aromatic rings. The number of fused-ring (bicyclic) bond motifs is 2. The van der Waals surface area contributed by atoms with E-state index in [0.717, 1.165) is 32.7 Å². The van der Waals surface area contributed by atoms with Crippen LogP contribution >= 0.6 is 0 Å². The molecule has 2 N–H and O–H groups in total. The summed E-state index contributed by atoms with van der Waals surface area (Å²) < 4.78 is 5.44. The smallest absolute Gasteiger partial charge is 0.408 e. The zero-order valence-electron chi connectivity index (χ0n) is 20.7. The number of nitrogens with one attached hydrogen (secondary N) is 2. The van der Waals surface area contributed by atoms with Gasteiger partial charge in [-0.3, -0.25) is 4.79 Å². The van der Waals surface area contributed by atoms with Crippen molar-refractivity contribution in [2.24, 2.45) is 0 Å². The van der Waals surface area contributed by atoms with Crippen LogP contribution < -0.4 is 10.6 Å². The summed E-state index contributed by atoms with van der Waals surface area (Å²) in [4.78, 5) is 26.0. The summed E-state index contributed by atoms with van der Waals surface area (Å²) >= 11 is 0. The van der Waals surface area contributed by atoms with Gasteiger partial charge in [-0.25, -0.2) is 4.79 Å². The molecule has 0 aliphatic heterocycles. The van der Waals surface area contributed by atoms with Crippen molar-refractivity contribution >= 4 is 33.5 Å². The summed E-state index contributed by atoms with van der Waals surface area (Å²) in [5, 5.41) is 10.3. The molecule has 4 rings (SSSR count). The molecule has 0 heterocycles. The van der Waals surface area contributed by atoms with Crippen molar-refractivity contribution in [1.82, 2.24) is 10.6 Å². The minimum atomic E-state index is -0.788. The Morgan fingerprint density at radius 3 is 2.20 bits per heavy atom. The predicted molar refractivity (Wildman–Crippen MR) is 141 cm³/mol. The molecular weight excluding hydrogens is 436 g/mol. The molecule has 35 heavy (non-hydrogen) atoms. The van der Waals surface area contributed by atoms with E-state index in [2.05, 4.69) is 34.9 Å². The second-order valence-corrected chi connectivity index (χ2v) is 9.88. The summed E-state index contributed by atoms with van der Waals surface area (Å²) in [6.45, 7) is 7.36. The summed E-state index contributed by atoms with van der Waals surface area (Å²) in [6, 6.07) is 27.3. The van der Waals surface area contributed by atoms with Crippen LogP contribution in [0.2, 0.25) is 0 Å². The van der Waals surface area contributed by atoms with Crippen molar-refractivity contribution < 1.29 is 14.3 Å². The van der Waals surface area contributed by atoms with Crippen LogP contribution in [0.25, 0.3) is 21.5 Å². The lowest BCUT2D eigenvalue weighted by atomic mass is 9.98. The third kappa shape index (κ3) is 6.18. The maximum absolute atomic E-state index is 13.5. The van der Waals surface area contributed by atoms with Gasteiger partial charge in [-0.15, -0.1) is 0 Å². The summed E-state index contributed by atoms with van der Waals surface area (Å²) in [5.74, 6) is -0.260. The SMILES string of the molecule is C[C@H](NC(=O)[C@H](Cc1ccc2ccccc2c1)NC(=O)OC(C)(C)C)c1cccc2ccccc12.